The van der Waals surface area contributed by atoms with Crippen molar-refractivity contribution in [1.82, 2.24) is 14.6 Å². The Kier molecular flexibility index (Phi) is 4.56. The van der Waals surface area contributed by atoms with E-state index in [-0.39, 0.29) is 10.6 Å². The summed E-state index contributed by atoms with van der Waals surface area (Å²) in [6.45, 7) is 1.81. The summed E-state index contributed by atoms with van der Waals surface area (Å²) in [5.41, 5.74) is 1.37. The maximum atomic E-state index is 13.8. The molecule has 28 heavy (non-hydrogen) atoms. The van der Waals surface area contributed by atoms with Crippen molar-refractivity contribution in [2.75, 3.05) is 5.32 Å². The van der Waals surface area contributed by atoms with E-state index in [0.29, 0.717) is 28.7 Å². The SMILES string of the molecule is Cc1ncc2oc(-c3ccc(NC(=O)Cc4c(F)cc(Cl)cc4F)cc3)nn12. The third-order valence-electron chi connectivity index (χ3n) is 4.13. The summed E-state index contributed by atoms with van der Waals surface area (Å²) in [5.74, 6) is -1.17. The van der Waals surface area contributed by atoms with Gasteiger partial charge in [0.1, 0.15) is 17.5 Å². The number of anilines is 1. The lowest BCUT2D eigenvalue weighted by Crippen LogP contribution is -2.16. The number of amides is 1. The lowest BCUT2D eigenvalue weighted by atomic mass is 10.1. The minimum absolute atomic E-state index is 0.0653. The van der Waals surface area contributed by atoms with E-state index in [4.69, 9.17) is 16.0 Å². The van der Waals surface area contributed by atoms with E-state index in [9.17, 15) is 13.6 Å². The van der Waals surface area contributed by atoms with Crippen molar-refractivity contribution in [3.63, 3.8) is 0 Å². The Morgan fingerprint density at radius 1 is 1.21 bits per heavy atom. The molecule has 0 aliphatic heterocycles. The zero-order chi connectivity index (χ0) is 19.8. The second-order valence-corrected chi connectivity index (χ2v) is 6.55. The van der Waals surface area contributed by atoms with Crippen molar-refractivity contribution in [2.45, 2.75) is 13.3 Å². The summed E-state index contributed by atoms with van der Waals surface area (Å²) in [6, 6.07) is 8.66. The number of rotatable bonds is 4. The Hall–Kier alpha value is -3.26. The Bertz CT molecular complexity index is 1160. The van der Waals surface area contributed by atoms with E-state index in [0.717, 1.165) is 12.1 Å². The van der Waals surface area contributed by atoms with Crippen molar-refractivity contribution >= 4 is 28.9 Å². The highest BCUT2D eigenvalue weighted by Crippen LogP contribution is 2.23. The molecule has 0 aliphatic carbocycles. The molecule has 0 radical (unpaired) electrons. The first-order valence-corrected chi connectivity index (χ1v) is 8.63. The standard InChI is InChI=1S/C19H13ClF2N4O2/c1-10-23-9-18-26(10)25-19(28-18)11-2-4-13(5-3-11)24-17(27)8-14-15(21)6-12(20)7-16(14)22/h2-7,9H,8H2,1H3,(H,24,27). The fraction of sp³-hybridized carbons (Fsp3) is 0.105. The van der Waals surface area contributed by atoms with E-state index in [1.807, 2.05) is 6.92 Å². The Morgan fingerprint density at radius 2 is 1.89 bits per heavy atom. The average Bonchev–Trinajstić information content (AvgIpc) is 3.21. The topological polar surface area (TPSA) is 72.4 Å². The normalized spacial score (nSPS) is 11.1. The summed E-state index contributed by atoms with van der Waals surface area (Å²) in [6.07, 6.45) is 1.13. The van der Waals surface area contributed by atoms with Crippen molar-refractivity contribution < 1.29 is 18.0 Å². The number of imidazole rings is 1. The van der Waals surface area contributed by atoms with Gasteiger partial charge in [-0.05, 0) is 43.3 Å². The van der Waals surface area contributed by atoms with Gasteiger partial charge < -0.3 is 9.73 Å². The van der Waals surface area contributed by atoms with Gasteiger partial charge in [0.2, 0.25) is 17.5 Å². The summed E-state index contributed by atoms with van der Waals surface area (Å²) >= 11 is 5.58. The minimum Gasteiger partial charge on any atom is -0.417 e. The van der Waals surface area contributed by atoms with Gasteiger partial charge in [-0.25, -0.2) is 13.8 Å². The maximum Gasteiger partial charge on any atom is 0.246 e. The van der Waals surface area contributed by atoms with Crippen molar-refractivity contribution in [3.8, 4) is 11.5 Å². The fourth-order valence-corrected chi connectivity index (χ4v) is 2.93. The van der Waals surface area contributed by atoms with Gasteiger partial charge in [0, 0.05) is 21.8 Å². The molecule has 2 heterocycles. The van der Waals surface area contributed by atoms with E-state index < -0.39 is 24.0 Å². The van der Waals surface area contributed by atoms with Crippen molar-refractivity contribution in [1.29, 1.82) is 0 Å². The second kappa shape index (κ2) is 7.05. The first kappa shape index (κ1) is 18.1. The highest BCUT2D eigenvalue weighted by atomic mass is 35.5. The van der Waals surface area contributed by atoms with Gasteiger partial charge in [0.05, 0.1) is 12.6 Å². The van der Waals surface area contributed by atoms with Crippen LogP contribution in [0.4, 0.5) is 14.5 Å². The van der Waals surface area contributed by atoms with Gasteiger partial charge >= 0.3 is 0 Å². The van der Waals surface area contributed by atoms with Crippen LogP contribution in [0.1, 0.15) is 11.4 Å². The maximum absolute atomic E-state index is 13.8. The molecular weight excluding hydrogens is 390 g/mol. The molecule has 1 amide bonds. The molecule has 9 heteroatoms. The average molecular weight is 403 g/mol. The monoisotopic (exact) mass is 402 g/mol. The molecular formula is C19H13ClF2N4O2. The molecule has 0 unspecified atom stereocenters. The molecule has 0 spiro atoms. The third kappa shape index (κ3) is 3.46. The van der Waals surface area contributed by atoms with Crippen LogP contribution in [0.2, 0.25) is 5.02 Å². The lowest BCUT2D eigenvalue weighted by Gasteiger charge is -2.08. The number of halogens is 3. The molecule has 0 saturated carbocycles. The predicted octanol–water partition coefficient (Wildman–Crippen LogP) is 4.41. The number of hydrogen-bond donors (Lipinski definition) is 1. The highest BCUT2D eigenvalue weighted by molar-refractivity contribution is 6.30. The summed E-state index contributed by atoms with van der Waals surface area (Å²) in [5, 5.41) is 6.85. The van der Waals surface area contributed by atoms with Crippen LogP contribution in [0.3, 0.4) is 0 Å². The predicted molar refractivity (Wildman–Crippen MR) is 99.1 cm³/mol. The van der Waals surface area contributed by atoms with Crippen LogP contribution in [0.15, 0.2) is 47.0 Å². The van der Waals surface area contributed by atoms with Crippen LogP contribution in [0, 0.1) is 18.6 Å². The number of benzene rings is 2. The van der Waals surface area contributed by atoms with Crippen molar-refractivity contribution in [2.24, 2.45) is 0 Å². The van der Waals surface area contributed by atoms with Gasteiger partial charge in [-0.15, -0.1) is 5.10 Å². The number of aryl methyl sites for hydroxylation is 1. The van der Waals surface area contributed by atoms with E-state index in [1.165, 1.54) is 0 Å². The van der Waals surface area contributed by atoms with Gasteiger partial charge in [-0.1, -0.05) is 11.6 Å². The van der Waals surface area contributed by atoms with Crippen molar-refractivity contribution in [3.05, 3.63) is 70.6 Å². The minimum atomic E-state index is -0.861. The molecule has 1 N–H and O–H groups in total. The van der Waals surface area contributed by atoms with Gasteiger partial charge in [-0.2, -0.15) is 4.52 Å². The molecule has 0 bridgehead atoms. The molecule has 0 aliphatic rings. The molecule has 0 saturated heterocycles. The van der Waals surface area contributed by atoms with Gasteiger partial charge in [0.25, 0.3) is 0 Å². The lowest BCUT2D eigenvalue weighted by molar-refractivity contribution is -0.115. The summed E-state index contributed by atoms with van der Waals surface area (Å²) in [4.78, 5) is 16.2. The molecule has 0 fully saturated rings. The smallest absolute Gasteiger partial charge is 0.246 e. The largest absolute Gasteiger partial charge is 0.417 e. The molecule has 0 atom stereocenters. The van der Waals surface area contributed by atoms with E-state index in [1.54, 1.807) is 35.0 Å². The van der Waals surface area contributed by atoms with Crippen LogP contribution < -0.4 is 5.32 Å². The van der Waals surface area contributed by atoms with E-state index >= 15 is 0 Å². The molecule has 142 valence electrons. The first-order chi connectivity index (χ1) is 13.4. The number of carbonyl (C=O) groups is 1. The van der Waals surface area contributed by atoms with Crippen LogP contribution in [0.25, 0.3) is 17.2 Å². The number of carbonyl (C=O) groups excluding carboxylic acids is 1. The molecule has 2 aromatic carbocycles. The molecule has 4 aromatic rings. The highest BCUT2D eigenvalue weighted by Gasteiger charge is 2.15. The Morgan fingerprint density at radius 3 is 2.54 bits per heavy atom. The number of aromatic nitrogens is 3. The summed E-state index contributed by atoms with van der Waals surface area (Å²) in [7, 11) is 0. The van der Waals surface area contributed by atoms with Gasteiger partial charge in [0.15, 0.2) is 0 Å². The summed E-state index contributed by atoms with van der Waals surface area (Å²) < 4.78 is 34.8. The number of nitrogens with zero attached hydrogens (tertiary/aromatic N) is 3. The third-order valence-corrected chi connectivity index (χ3v) is 4.35. The second-order valence-electron chi connectivity index (χ2n) is 6.11. The number of hydrogen-bond acceptors (Lipinski definition) is 4. The zero-order valence-electron chi connectivity index (χ0n) is 14.5. The van der Waals surface area contributed by atoms with Crippen LogP contribution in [-0.4, -0.2) is 20.5 Å². The van der Waals surface area contributed by atoms with Gasteiger partial charge in [-0.3, -0.25) is 4.79 Å². The first-order valence-electron chi connectivity index (χ1n) is 8.25. The Balaban J connectivity index is 1.47. The van der Waals surface area contributed by atoms with Crippen LogP contribution >= 0.6 is 11.6 Å². The zero-order valence-corrected chi connectivity index (χ0v) is 15.3. The molecule has 6 nitrogen and oxygen atoms in total. The quantitative estimate of drug-likeness (QED) is 0.548. The van der Waals surface area contributed by atoms with Crippen LogP contribution in [-0.2, 0) is 11.2 Å². The number of fused-ring (bicyclic) bond motifs is 1. The Labute approximate surface area is 162 Å². The number of nitrogens with one attached hydrogen (secondary N) is 1. The van der Waals surface area contributed by atoms with Crippen LogP contribution in [0.5, 0.6) is 0 Å². The fourth-order valence-electron chi connectivity index (χ4n) is 2.74. The van der Waals surface area contributed by atoms with E-state index in [2.05, 4.69) is 15.4 Å². The molecule has 2 aromatic heterocycles. The molecule has 4 rings (SSSR count).